The summed E-state index contributed by atoms with van der Waals surface area (Å²) in [6.45, 7) is 6.23. The normalized spacial score (nSPS) is 20.6. The number of hydrogen-bond acceptors (Lipinski definition) is 4. The van der Waals surface area contributed by atoms with Gasteiger partial charge in [0.05, 0.1) is 15.9 Å². The van der Waals surface area contributed by atoms with Gasteiger partial charge in [-0.05, 0) is 53.1 Å². The predicted molar refractivity (Wildman–Crippen MR) is 70.3 cm³/mol. The lowest BCUT2D eigenvalue weighted by molar-refractivity contribution is -0.150. The van der Waals surface area contributed by atoms with Gasteiger partial charge >= 0.3 is 5.97 Å². The highest BCUT2D eigenvalue weighted by atomic mass is 32.2. The summed E-state index contributed by atoms with van der Waals surface area (Å²) in [7, 11) is -3.25. The highest BCUT2D eigenvalue weighted by Crippen LogP contribution is 2.34. The van der Waals surface area contributed by atoms with Gasteiger partial charge in [0.25, 0.3) is 0 Å². The van der Waals surface area contributed by atoms with Gasteiger partial charge in [-0.1, -0.05) is 0 Å². The first kappa shape index (κ1) is 15.4. The molecule has 0 amide bonds. The van der Waals surface area contributed by atoms with Crippen molar-refractivity contribution < 1.29 is 18.3 Å². The van der Waals surface area contributed by atoms with Gasteiger partial charge in [-0.15, -0.1) is 0 Å². The Balaban J connectivity index is 2.79. The number of piperidine rings is 1. The van der Waals surface area contributed by atoms with E-state index in [0.29, 0.717) is 25.9 Å². The van der Waals surface area contributed by atoms with Crippen molar-refractivity contribution in [2.75, 3.05) is 18.8 Å². The van der Waals surface area contributed by atoms with Gasteiger partial charge in [0, 0.05) is 0 Å². The first-order valence-electron chi connectivity index (χ1n) is 6.27. The molecule has 0 saturated carbocycles. The number of rotatable bonds is 4. The van der Waals surface area contributed by atoms with Crippen molar-refractivity contribution in [3.8, 4) is 0 Å². The summed E-state index contributed by atoms with van der Waals surface area (Å²) in [5.74, 6) is -0.920. The molecule has 6 heteroatoms. The molecule has 0 unspecified atom stereocenters. The summed E-state index contributed by atoms with van der Waals surface area (Å²) >= 11 is 0. The maximum absolute atomic E-state index is 12.1. The molecule has 0 aliphatic carbocycles. The Hall–Kier alpha value is -0.620. The standard InChI is InChI=1S/C12H23NO4S/c1-11(2,3)18(16,17)9-6-12(10(14)15)4-7-13-8-5-12/h13H,4-9H2,1-3H3,(H,14,15). The molecule has 1 fully saturated rings. The third kappa shape index (κ3) is 3.23. The molecule has 0 atom stereocenters. The van der Waals surface area contributed by atoms with Crippen molar-refractivity contribution in [1.29, 1.82) is 0 Å². The fourth-order valence-electron chi connectivity index (χ4n) is 2.11. The maximum atomic E-state index is 12.1. The summed E-state index contributed by atoms with van der Waals surface area (Å²) in [5, 5.41) is 12.5. The van der Waals surface area contributed by atoms with Gasteiger partial charge in [-0.2, -0.15) is 0 Å². The first-order chi connectivity index (χ1) is 8.11. The zero-order valence-electron chi connectivity index (χ0n) is 11.3. The lowest BCUT2D eigenvalue weighted by Gasteiger charge is -2.34. The zero-order chi connectivity index (χ0) is 14.0. The van der Waals surface area contributed by atoms with Crippen LogP contribution in [0.2, 0.25) is 0 Å². The Morgan fingerprint density at radius 3 is 2.17 bits per heavy atom. The molecular weight excluding hydrogens is 254 g/mol. The lowest BCUT2D eigenvalue weighted by Crippen LogP contribution is -2.44. The Labute approximate surface area is 109 Å². The highest BCUT2D eigenvalue weighted by molar-refractivity contribution is 7.92. The number of carboxylic acids is 1. The Morgan fingerprint density at radius 2 is 1.78 bits per heavy atom. The molecule has 106 valence electrons. The molecule has 1 rings (SSSR count). The van der Waals surface area contributed by atoms with Crippen molar-refractivity contribution in [3.63, 3.8) is 0 Å². The highest BCUT2D eigenvalue weighted by Gasteiger charge is 2.41. The molecule has 0 bridgehead atoms. The van der Waals surface area contributed by atoms with E-state index in [0.717, 1.165) is 0 Å². The zero-order valence-corrected chi connectivity index (χ0v) is 12.1. The SMILES string of the molecule is CC(C)(C)S(=O)(=O)CCC1(C(=O)O)CCNCC1. The summed E-state index contributed by atoms with van der Waals surface area (Å²) in [6.07, 6.45) is 1.22. The second kappa shape index (κ2) is 5.17. The molecule has 0 aromatic heterocycles. The van der Waals surface area contributed by atoms with Gasteiger partial charge in [0.1, 0.15) is 0 Å². The van der Waals surface area contributed by atoms with Gasteiger partial charge in [0.15, 0.2) is 9.84 Å². The second-order valence-electron chi connectivity index (χ2n) is 6.02. The molecule has 0 radical (unpaired) electrons. The smallest absolute Gasteiger partial charge is 0.309 e. The van der Waals surface area contributed by atoms with E-state index in [9.17, 15) is 18.3 Å². The molecule has 2 N–H and O–H groups in total. The Bertz CT molecular complexity index is 402. The minimum atomic E-state index is -3.25. The van der Waals surface area contributed by atoms with Crippen LogP contribution in [-0.2, 0) is 14.6 Å². The van der Waals surface area contributed by atoms with E-state index in [1.165, 1.54) is 0 Å². The van der Waals surface area contributed by atoms with E-state index in [-0.39, 0.29) is 12.2 Å². The molecule has 0 aromatic carbocycles. The van der Waals surface area contributed by atoms with E-state index in [4.69, 9.17) is 0 Å². The molecule has 1 aliphatic heterocycles. The van der Waals surface area contributed by atoms with Crippen LogP contribution < -0.4 is 5.32 Å². The van der Waals surface area contributed by atoms with E-state index in [2.05, 4.69) is 5.32 Å². The van der Waals surface area contributed by atoms with Crippen LogP contribution >= 0.6 is 0 Å². The van der Waals surface area contributed by atoms with Crippen LogP contribution in [0.1, 0.15) is 40.0 Å². The van der Waals surface area contributed by atoms with E-state index in [1.54, 1.807) is 20.8 Å². The molecule has 0 aromatic rings. The van der Waals surface area contributed by atoms with Crippen molar-refractivity contribution >= 4 is 15.8 Å². The Morgan fingerprint density at radius 1 is 1.28 bits per heavy atom. The molecule has 0 spiro atoms. The van der Waals surface area contributed by atoms with Crippen molar-refractivity contribution in [1.82, 2.24) is 5.32 Å². The fourth-order valence-corrected chi connectivity index (χ4v) is 3.38. The van der Waals surface area contributed by atoms with E-state index in [1.807, 2.05) is 0 Å². The van der Waals surface area contributed by atoms with Gasteiger partial charge in [-0.25, -0.2) is 8.42 Å². The van der Waals surface area contributed by atoms with Crippen LogP contribution in [0.3, 0.4) is 0 Å². The number of carboxylic acid groups (broad SMARTS) is 1. The van der Waals surface area contributed by atoms with Gasteiger partial charge in [0.2, 0.25) is 0 Å². The maximum Gasteiger partial charge on any atom is 0.309 e. The number of sulfone groups is 1. The van der Waals surface area contributed by atoms with Crippen LogP contribution in [0.25, 0.3) is 0 Å². The molecule has 18 heavy (non-hydrogen) atoms. The third-order valence-corrected chi connectivity index (χ3v) is 6.40. The molecule has 5 nitrogen and oxygen atoms in total. The minimum Gasteiger partial charge on any atom is -0.481 e. The molecule has 1 aliphatic rings. The van der Waals surface area contributed by atoms with Crippen molar-refractivity contribution in [2.24, 2.45) is 5.41 Å². The average Bonchev–Trinajstić information content (AvgIpc) is 2.26. The summed E-state index contributed by atoms with van der Waals surface area (Å²) in [4.78, 5) is 11.4. The monoisotopic (exact) mass is 277 g/mol. The molecule has 1 heterocycles. The number of carbonyl (C=O) groups is 1. The largest absolute Gasteiger partial charge is 0.481 e. The van der Waals surface area contributed by atoms with Gasteiger partial charge in [-0.3, -0.25) is 4.79 Å². The van der Waals surface area contributed by atoms with Crippen LogP contribution in [0.15, 0.2) is 0 Å². The predicted octanol–water partition coefficient (Wildman–Crippen LogP) is 1.04. The fraction of sp³-hybridized carbons (Fsp3) is 0.917. The van der Waals surface area contributed by atoms with Crippen LogP contribution in [-0.4, -0.2) is 43.1 Å². The Kier molecular flexibility index (Phi) is 4.43. The van der Waals surface area contributed by atoms with Crippen LogP contribution in [0.4, 0.5) is 0 Å². The third-order valence-electron chi connectivity index (χ3n) is 3.80. The second-order valence-corrected chi connectivity index (χ2v) is 8.88. The molecular formula is C12H23NO4S. The number of aliphatic carboxylic acids is 1. The number of hydrogen-bond donors (Lipinski definition) is 2. The number of nitrogens with one attached hydrogen (secondary N) is 1. The lowest BCUT2D eigenvalue weighted by atomic mass is 9.77. The van der Waals surface area contributed by atoms with E-state index >= 15 is 0 Å². The van der Waals surface area contributed by atoms with Crippen LogP contribution in [0, 0.1) is 5.41 Å². The van der Waals surface area contributed by atoms with Crippen molar-refractivity contribution in [3.05, 3.63) is 0 Å². The first-order valence-corrected chi connectivity index (χ1v) is 7.92. The minimum absolute atomic E-state index is 0.0528. The quantitative estimate of drug-likeness (QED) is 0.802. The summed E-state index contributed by atoms with van der Waals surface area (Å²) in [6, 6.07) is 0. The topological polar surface area (TPSA) is 83.5 Å². The van der Waals surface area contributed by atoms with Gasteiger partial charge < -0.3 is 10.4 Å². The van der Waals surface area contributed by atoms with Crippen LogP contribution in [0.5, 0.6) is 0 Å². The van der Waals surface area contributed by atoms with E-state index < -0.39 is 26.0 Å². The summed E-state index contributed by atoms with van der Waals surface area (Å²) in [5.41, 5.74) is -0.871. The molecule has 1 saturated heterocycles. The average molecular weight is 277 g/mol. The van der Waals surface area contributed by atoms with Crippen molar-refractivity contribution in [2.45, 2.75) is 44.8 Å². The summed E-state index contributed by atoms with van der Waals surface area (Å²) < 4.78 is 23.3.